The molecule has 0 saturated carbocycles. The van der Waals surface area contributed by atoms with Crippen LogP contribution in [-0.2, 0) is 10.0 Å². The number of benzene rings is 1. The molecular weight excluding hydrogens is 262 g/mol. The van der Waals surface area contributed by atoms with E-state index in [9.17, 15) is 8.42 Å². The fraction of sp³-hybridized carbons (Fsp3) is 0.222. The summed E-state index contributed by atoms with van der Waals surface area (Å²) in [6.07, 6.45) is 0. The summed E-state index contributed by atoms with van der Waals surface area (Å²) in [5, 5.41) is -0.166. The second-order valence-corrected chi connectivity index (χ2v) is 5.34. The van der Waals surface area contributed by atoms with Crippen molar-refractivity contribution in [3.8, 4) is 5.75 Å². The van der Waals surface area contributed by atoms with Crippen molar-refractivity contribution >= 4 is 27.4 Å². The standard InChI is InChI=1S/C9H13N3O3S2/c1-6-3-4-7(15-2)8(5-6)17(13,14)12-11-9(10)16/h3-5,12H,1-2H3,(H3,10,11,16). The van der Waals surface area contributed by atoms with Crippen LogP contribution in [0.1, 0.15) is 5.56 Å². The van der Waals surface area contributed by atoms with Crippen molar-refractivity contribution in [2.24, 2.45) is 5.73 Å². The summed E-state index contributed by atoms with van der Waals surface area (Å²) in [5.74, 6) is 0.243. The van der Waals surface area contributed by atoms with Crippen molar-refractivity contribution in [2.45, 2.75) is 11.8 Å². The lowest BCUT2D eigenvalue weighted by molar-refractivity contribution is 0.402. The van der Waals surface area contributed by atoms with E-state index in [1.165, 1.54) is 13.2 Å². The predicted molar refractivity (Wildman–Crippen MR) is 68.0 cm³/mol. The number of rotatable bonds is 4. The Morgan fingerprint density at radius 2 is 2.12 bits per heavy atom. The summed E-state index contributed by atoms with van der Waals surface area (Å²) < 4.78 is 28.8. The van der Waals surface area contributed by atoms with Crippen molar-refractivity contribution in [3.63, 3.8) is 0 Å². The van der Waals surface area contributed by atoms with E-state index in [1.54, 1.807) is 19.1 Å². The molecule has 0 unspecified atom stereocenters. The zero-order valence-electron chi connectivity index (χ0n) is 9.35. The van der Waals surface area contributed by atoms with Crippen LogP contribution in [0.3, 0.4) is 0 Å². The van der Waals surface area contributed by atoms with Gasteiger partial charge < -0.3 is 10.5 Å². The summed E-state index contributed by atoms with van der Waals surface area (Å²) in [4.78, 5) is 2.07. The zero-order chi connectivity index (χ0) is 13.1. The van der Waals surface area contributed by atoms with E-state index in [2.05, 4.69) is 22.5 Å². The summed E-state index contributed by atoms with van der Waals surface area (Å²) in [6, 6.07) is 4.81. The maximum absolute atomic E-state index is 11.9. The SMILES string of the molecule is COc1ccc(C)cc1S(=O)(=O)NNC(N)=S. The first-order chi connectivity index (χ1) is 7.86. The molecule has 6 nitrogen and oxygen atoms in total. The van der Waals surface area contributed by atoms with E-state index in [4.69, 9.17) is 10.5 Å². The summed E-state index contributed by atoms with van der Waals surface area (Å²) in [6.45, 7) is 1.78. The van der Waals surface area contributed by atoms with Gasteiger partial charge in [-0.15, -0.1) is 4.83 Å². The molecule has 1 aromatic rings. The Kier molecular flexibility index (Phi) is 4.27. The third kappa shape index (κ3) is 3.55. The molecule has 0 aliphatic heterocycles. The molecule has 0 spiro atoms. The minimum atomic E-state index is -3.77. The first-order valence-electron chi connectivity index (χ1n) is 4.58. The molecule has 0 atom stereocenters. The van der Waals surface area contributed by atoms with Gasteiger partial charge >= 0.3 is 0 Å². The maximum Gasteiger partial charge on any atom is 0.261 e. The van der Waals surface area contributed by atoms with Gasteiger partial charge in [0.05, 0.1) is 7.11 Å². The number of thiocarbonyl (C=S) groups is 1. The van der Waals surface area contributed by atoms with Gasteiger partial charge in [-0.25, -0.2) is 8.42 Å². The number of hydrogen-bond donors (Lipinski definition) is 3. The molecule has 1 rings (SSSR count). The van der Waals surface area contributed by atoms with Crippen molar-refractivity contribution in [3.05, 3.63) is 23.8 Å². The van der Waals surface area contributed by atoms with E-state index in [-0.39, 0.29) is 15.8 Å². The lowest BCUT2D eigenvalue weighted by atomic mass is 10.2. The number of nitrogens with one attached hydrogen (secondary N) is 2. The Morgan fingerprint density at radius 1 is 1.47 bits per heavy atom. The molecule has 0 amide bonds. The molecule has 8 heteroatoms. The zero-order valence-corrected chi connectivity index (χ0v) is 11.0. The molecule has 94 valence electrons. The maximum atomic E-state index is 11.9. The molecule has 0 aliphatic carbocycles. The third-order valence-electron chi connectivity index (χ3n) is 1.92. The fourth-order valence-corrected chi connectivity index (χ4v) is 2.39. The lowest BCUT2D eigenvalue weighted by Crippen LogP contribution is -2.44. The van der Waals surface area contributed by atoms with Gasteiger partial charge in [-0.3, -0.25) is 5.43 Å². The molecule has 0 aromatic heterocycles. The van der Waals surface area contributed by atoms with Gasteiger partial charge in [-0.05, 0) is 36.8 Å². The fourth-order valence-electron chi connectivity index (χ4n) is 1.17. The first-order valence-corrected chi connectivity index (χ1v) is 6.48. The smallest absolute Gasteiger partial charge is 0.261 e. The molecule has 0 bridgehead atoms. The van der Waals surface area contributed by atoms with Crippen molar-refractivity contribution in [1.82, 2.24) is 10.3 Å². The van der Waals surface area contributed by atoms with Crippen LogP contribution in [0, 0.1) is 6.92 Å². The molecule has 1 aromatic carbocycles. The van der Waals surface area contributed by atoms with Gasteiger partial charge in [0.1, 0.15) is 10.6 Å². The number of hydrogen-bond acceptors (Lipinski definition) is 4. The van der Waals surface area contributed by atoms with Crippen LogP contribution >= 0.6 is 12.2 Å². The molecule has 0 saturated heterocycles. The Bertz CT molecular complexity index is 528. The number of sulfonamides is 1. The Labute approximate surface area is 105 Å². The molecule has 0 heterocycles. The molecule has 4 N–H and O–H groups in total. The Morgan fingerprint density at radius 3 is 2.65 bits per heavy atom. The Balaban J connectivity index is 3.13. The number of ether oxygens (including phenoxy) is 1. The van der Waals surface area contributed by atoms with Gasteiger partial charge in [-0.1, -0.05) is 6.07 Å². The number of aryl methyl sites for hydroxylation is 1. The van der Waals surface area contributed by atoms with Gasteiger partial charge in [0.25, 0.3) is 10.0 Å². The van der Waals surface area contributed by atoms with Crippen LogP contribution in [-0.4, -0.2) is 20.6 Å². The highest BCUT2D eigenvalue weighted by atomic mass is 32.2. The second kappa shape index (κ2) is 5.30. The average molecular weight is 275 g/mol. The average Bonchev–Trinajstić information content (AvgIpc) is 2.26. The quantitative estimate of drug-likeness (QED) is 0.530. The minimum Gasteiger partial charge on any atom is -0.495 e. The van der Waals surface area contributed by atoms with Gasteiger partial charge in [-0.2, -0.15) is 0 Å². The monoisotopic (exact) mass is 275 g/mol. The molecule has 0 fully saturated rings. The van der Waals surface area contributed by atoms with E-state index < -0.39 is 10.0 Å². The van der Waals surface area contributed by atoms with E-state index in [0.717, 1.165) is 5.56 Å². The Hall–Kier alpha value is -1.38. The molecular formula is C9H13N3O3S2. The first kappa shape index (κ1) is 13.7. The predicted octanol–water partition coefficient (Wildman–Crippen LogP) is 0.0301. The number of hydrazine groups is 1. The van der Waals surface area contributed by atoms with E-state index in [1.807, 2.05) is 0 Å². The number of methoxy groups -OCH3 is 1. The summed E-state index contributed by atoms with van der Waals surface area (Å²) in [7, 11) is -2.38. The minimum absolute atomic E-state index is 0.0174. The van der Waals surface area contributed by atoms with Crippen LogP contribution in [0.2, 0.25) is 0 Å². The van der Waals surface area contributed by atoms with Crippen LogP contribution in [0.25, 0.3) is 0 Å². The topological polar surface area (TPSA) is 93.5 Å². The van der Waals surface area contributed by atoms with Crippen LogP contribution in [0.15, 0.2) is 23.1 Å². The second-order valence-electron chi connectivity index (χ2n) is 3.25. The van der Waals surface area contributed by atoms with E-state index >= 15 is 0 Å². The van der Waals surface area contributed by atoms with Gasteiger partial charge in [0.15, 0.2) is 5.11 Å². The largest absolute Gasteiger partial charge is 0.495 e. The highest BCUT2D eigenvalue weighted by molar-refractivity contribution is 7.89. The number of nitrogens with two attached hydrogens (primary N) is 1. The lowest BCUT2D eigenvalue weighted by Gasteiger charge is -2.11. The summed E-state index contributed by atoms with van der Waals surface area (Å²) in [5.41, 5.74) is 8.10. The highest BCUT2D eigenvalue weighted by Gasteiger charge is 2.19. The summed E-state index contributed by atoms with van der Waals surface area (Å²) >= 11 is 4.51. The van der Waals surface area contributed by atoms with Crippen molar-refractivity contribution in [1.29, 1.82) is 0 Å². The highest BCUT2D eigenvalue weighted by Crippen LogP contribution is 2.23. The molecule has 0 aliphatic rings. The third-order valence-corrected chi connectivity index (χ3v) is 3.29. The molecule has 17 heavy (non-hydrogen) atoms. The van der Waals surface area contributed by atoms with Crippen LogP contribution in [0.5, 0.6) is 5.75 Å². The van der Waals surface area contributed by atoms with Gasteiger partial charge in [0.2, 0.25) is 0 Å². The van der Waals surface area contributed by atoms with E-state index in [0.29, 0.717) is 0 Å². The van der Waals surface area contributed by atoms with Crippen LogP contribution < -0.4 is 20.7 Å². The normalized spacial score (nSPS) is 10.9. The van der Waals surface area contributed by atoms with Crippen LogP contribution in [0.4, 0.5) is 0 Å². The molecule has 0 radical (unpaired) electrons. The van der Waals surface area contributed by atoms with Gasteiger partial charge in [0, 0.05) is 0 Å². The van der Waals surface area contributed by atoms with Crippen molar-refractivity contribution in [2.75, 3.05) is 7.11 Å². The van der Waals surface area contributed by atoms with Crippen molar-refractivity contribution < 1.29 is 13.2 Å².